The molecule has 0 saturated carbocycles. The predicted molar refractivity (Wildman–Crippen MR) is 292 cm³/mol. The first-order valence-electron chi connectivity index (χ1n) is 26.3. The van der Waals surface area contributed by atoms with E-state index in [4.69, 9.17) is 28.7 Å². The van der Waals surface area contributed by atoms with E-state index in [-0.39, 0.29) is 114 Å². The number of carbonyl (C=O) groups excluding carboxylic acids is 9. The lowest BCUT2D eigenvalue weighted by molar-refractivity contribution is -0.135. The Balaban J connectivity index is 1.56. The molecule has 79 heavy (non-hydrogen) atoms. The van der Waals surface area contributed by atoms with Crippen molar-refractivity contribution in [2.75, 3.05) is 13.1 Å². The zero-order chi connectivity index (χ0) is 57.4. The molecule has 0 radical (unpaired) electrons. The minimum absolute atomic E-state index is 0.0241. The number of para-hydroxylation sites is 1. The maximum Gasteiger partial charge on any atom is 0.243 e. The number of nitrogens with zero attached hydrogens (tertiary/aromatic N) is 4. The number of nitrogens with two attached hydrogens (primary N) is 5. The molecule has 1 aliphatic heterocycles. The molecule has 2 aromatic heterocycles. The molecule has 17 N–H and O–H groups in total. The van der Waals surface area contributed by atoms with Crippen LogP contribution in [0.4, 0.5) is 0 Å². The van der Waals surface area contributed by atoms with Crippen LogP contribution >= 0.6 is 0 Å². The topological polar surface area (TPSA) is 437 Å². The van der Waals surface area contributed by atoms with E-state index in [2.05, 4.69) is 51.5 Å². The monoisotopic (exact) mass is 1090 g/mol. The van der Waals surface area contributed by atoms with Gasteiger partial charge in [0.05, 0.1) is 24.0 Å². The number of ketones is 3. The number of guanidine groups is 2. The molecule has 6 amide bonds. The van der Waals surface area contributed by atoms with Crippen LogP contribution in [-0.2, 0) is 62.4 Å². The van der Waals surface area contributed by atoms with Gasteiger partial charge in [-0.1, -0.05) is 36.8 Å². The molecule has 0 spiro atoms. The minimum atomic E-state index is -1.42. The van der Waals surface area contributed by atoms with Crippen molar-refractivity contribution >= 4 is 75.6 Å². The number of nitrogens with one attached hydrogen (secondary N) is 7. The van der Waals surface area contributed by atoms with Crippen LogP contribution < -0.4 is 55.3 Å². The summed E-state index contributed by atoms with van der Waals surface area (Å²) in [6.45, 7) is 1.45. The number of aliphatic imine (C=N–C) groups is 2. The first kappa shape index (κ1) is 60.9. The van der Waals surface area contributed by atoms with Gasteiger partial charge in [0.1, 0.15) is 35.7 Å². The summed E-state index contributed by atoms with van der Waals surface area (Å²) in [5.74, 6) is -8.40. The van der Waals surface area contributed by atoms with Crippen molar-refractivity contribution in [3.05, 3.63) is 89.6 Å². The summed E-state index contributed by atoms with van der Waals surface area (Å²) in [4.78, 5) is 144. The van der Waals surface area contributed by atoms with Crippen LogP contribution in [0.25, 0.3) is 10.9 Å². The normalized spacial score (nSPS) is 20.8. The maximum atomic E-state index is 14.9. The molecular weight excluding hydrogens is 1020 g/mol. The molecular formula is C54H72N16O9. The Morgan fingerprint density at radius 2 is 1.46 bits per heavy atom. The highest BCUT2D eigenvalue weighted by atomic mass is 16.2. The molecule has 0 bridgehead atoms. The van der Waals surface area contributed by atoms with Gasteiger partial charge in [0.15, 0.2) is 17.7 Å². The summed E-state index contributed by atoms with van der Waals surface area (Å²) in [5.41, 5.74) is 30.7. The Morgan fingerprint density at radius 3 is 2.13 bits per heavy atom. The fourth-order valence-corrected chi connectivity index (χ4v) is 9.34. The molecule has 2 aromatic carbocycles. The number of aromatic amines is 2. The number of carbonyl (C=O) groups is 9. The second-order valence-electron chi connectivity index (χ2n) is 19.7. The van der Waals surface area contributed by atoms with Crippen molar-refractivity contribution in [1.82, 2.24) is 41.5 Å². The Morgan fingerprint density at radius 1 is 0.759 bits per heavy atom. The van der Waals surface area contributed by atoms with Crippen LogP contribution in [0.15, 0.2) is 77.2 Å². The number of nitriles is 1. The van der Waals surface area contributed by atoms with Gasteiger partial charge >= 0.3 is 0 Å². The first-order valence-corrected chi connectivity index (χ1v) is 26.3. The van der Waals surface area contributed by atoms with Gasteiger partial charge in [0.2, 0.25) is 35.4 Å². The smallest absolute Gasteiger partial charge is 0.243 e. The number of primary amides is 1. The van der Waals surface area contributed by atoms with Crippen LogP contribution in [0.5, 0.6) is 0 Å². The number of Topliss-reactive ketones (excluding diaryl/α,β-unsaturated/α-hetero) is 3. The van der Waals surface area contributed by atoms with E-state index in [1.807, 2.05) is 30.3 Å². The van der Waals surface area contributed by atoms with Gasteiger partial charge in [-0.2, -0.15) is 5.26 Å². The largest absolute Gasteiger partial charge is 0.370 e. The molecule has 0 unspecified atom stereocenters. The Labute approximate surface area is 456 Å². The third kappa shape index (κ3) is 20.2. The average Bonchev–Trinajstić information content (AvgIpc) is 4.15. The third-order valence-corrected chi connectivity index (χ3v) is 13.5. The predicted octanol–water partition coefficient (Wildman–Crippen LogP) is -0.0989. The molecule has 3 heterocycles. The van der Waals surface area contributed by atoms with Gasteiger partial charge in [-0.25, -0.2) is 4.98 Å². The number of hydrogen-bond acceptors (Lipinski definition) is 13. The maximum absolute atomic E-state index is 14.9. The number of hydrogen-bond donors (Lipinski definition) is 12. The molecule has 422 valence electrons. The van der Waals surface area contributed by atoms with Crippen LogP contribution in [0.2, 0.25) is 0 Å². The molecule has 25 nitrogen and oxygen atoms in total. The molecule has 5 rings (SSSR count). The zero-order valence-electron chi connectivity index (χ0n) is 44.3. The number of aromatic nitrogens is 3. The van der Waals surface area contributed by atoms with E-state index in [0.717, 1.165) is 10.9 Å². The summed E-state index contributed by atoms with van der Waals surface area (Å²) in [5, 5.41) is 23.9. The summed E-state index contributed by atoms with van der Waals surface area (Å²) in [6.07, 6.45) is 4.03. The highest BCUT2D eigenvalue weighted by Crippen LogP contribution is 2.26. The lowest BCUT2D eigenvalue weighted by Gasteiger charge is -2.27. The van der Waals surface area contributed by atoms with Gasteiger partial charge in [-0.05, 0) is 87.1 Å². The molecule has 7 atom stereocenters. The van der Waals surface area contributed by atoms with E-state index in [1.54, 1.807) is 30.5 Å². The van der Waals surface area contributed by atoms with Crippen molar-refractivity contribution in [2.24, 2.45) is 50.5 Å². The van der Waals surface area contributed by atoms with Crippen LogP contribution in [0, 0.1) is 23.2 Å². The van der Waals surface area contributed by atoms with E-state index in [9.17, 15) is 48.4 Å². The molecule has 4 aromatic rings. The molecule has 0 aliphatic carbocycles. The third-order valence-electron chi connectivity index (χ3n) is 13.5. The Hall–Kier alpha value is -8.95. The van der Waals surface area contributed by atoms with Gasteiger partial charge in [0, 0.05) is 92.9 Å². The summed E-state index contributed by atoms with van der Waals surface area (Å²) < 4.78 is 0. The second-order valence-corrected chi connectivity index (χ2v) is 19.7. The number of benzene rings is 2. The minimum Gasteiger partial charge on any atom is -0.370 e. The van der Waals surface area contributed by atoms with Crippen molar-refractivity contribution in [3.8, 4) is 6.07 Å². The molecule has 25 heteroatoms. The average molecular weight is 1090 g/mol. The highest BCUT2D eigenvalue weighted by Gasteiger charge is 2.35. The van der Waals surface area contributed by atoms with Crippen molar-refractivity contribution in [3.63, 3.8) is 0 Å². The van der Waals surface area contributed by atoms with Crippen LogP contribution in [0.3, 0.4) is 0 Å². The van der Waals surface area contributed by atoms with E-state index < -0.39 is 102 Å². The lowest BCUT2D eigenvalue weighted by atomic mass is 9.83. The van der Waals surface area contributed by atoms with Crippen LogP contribution in [0.1, 0.15) is 106 Å². The van der Waals surface area contributed by atoms with Gasteiger partial charge in [-0.3, -0.25) is 53.1 Å². The Bertz CT molecular complexity index is 2870. The summed E-state index contributed by atoms with van der Waals surface area (Å²) in [6, 6.07) is 9.19. The second kappa shape index (κ2) is 30.7. The molecule has 1 fully saturated rings. The molecule has 1 saturated heterocycles. The van der Waals surface area contributed by atoms with Crippen molar-refractivity contribution in [2.45, 2.75) is 133 Å². The quantitative estimate of drug-likeness (QED) is 0.0352. The number of rotatable bonds is 18. The van der Waals surface area contributed by atoms with Crippen molar-refractivity contribution in [1.29, 1.82) is 5.26 Å². The zero-order valence-corrected chi connectivity index (χ0v) is 44.3. The number of fused-ring (bicyclic) bond motifs is 1. The van der Waals surface area contributed by atoms with E-state index in [1.165, 1.54) is 19.4 Å². The van der Waals surface area contributed by atoms with E-state index >= 15 is 0 Å². The Kier molecular flexibility index (Phi) is 23.7. The summed E-state index contributed by atoms with van der Waals surface area (Å²) >= 11 is 0. The van der Waals surface area contributed by atoms with Gasteiger partial charge in [0.25, 0.3) is 0 Å². The molecule has 1 aliphatic rings. The van der Waals surface area contributed by atoms with Gasteiger partial charge < -0.3 is 65.2 Å². The standard InChI is InChI=1S/C54H72N16O9/c1-31(71)66-42(13-7-21-63-54(59)60)50(77)68-43-12-4-2-9-38(72)18-19-41(48(56)75)67-49(76)35(23-36-28-64-40-11-5-3-10-39(36)40)25-46(73)34(8-6-20-62-53(57)58)24-47(74)44(22-32-14-16-33(27-55)17-15-32)69-52(79)45(70-51(43)78)26-37-29-61-30-65-37/h3,5,10-11,14-17,28-30,34-35,41-45,64H,2,4,6-9,12-13,18-26H2,1H3,(H2,56,75)(H,61,65)(H,66,71)(H,67,76)(H,68,77)(H,69,79)(H,70,78)(H4,57,58,62)(H4,59,60,63)/t34-,35-,41+,42-,43+,44-,45+/m1/s1. The first-order chi connectivity index (χ1) is 37.8. The fraction of sp³-hybridized carbons (Fsp3) is 0.463. The number of amides is 6. The summed E-state index contributed by atoms with van der Waals surface area (Å²) in [7, 11) is 0. The lowest BCUT2D eigenvalue weighted by Crippen LogP contribution is -2.58. The number of imidazole rings is 1. The number of H-pyrrole nitrogens is 2. The SMILES string of the molecule is CC(=O)N[C@H](CCCN=C(N)N)C(=O)N[C@H]1CCCCC(=O)CC[C@@H](C(N)=O)NC(=O)[C@H](Cc2c[nH]c3ccccc23)CC(=O)[C@H](CCCN=C(N)N)CC(=O)[C@@H](Cc2ccc(C#N)cc2)NC(=O)[C@H](Cc2cnc[nH]2)NC1=O. The van der Waals surface area contributed by atoms with Crippen molar-refractivity contribution < 1.29 is 43.2 Å². The van der Waals surface area contributed by atoms with E-state index in [0.29, 0.717) is 22.4 Å². The van der Waals surface area contributed by atoms with Gasteiger partial charge in [-0.15, -0.1) is 0 Å². The van der Waals surface area contributed by atoms with Crippen LogP contribution in [-0.4, -0.2) is 123 Å². The fourth-order valence-electron chi connectivity index (χ4n) is 9.34. The highest BCUT2D eigenvalue weighted by molar-refractivity contribution is 5.98.